The van der Waals surface area contributed by atoms with E-state index in [9.17, 15) is 0 Å². The highest BCUT2D eigenvalue weighted by Crippen LogP contribution is 2.23. The molecule has 0 radical (unpaired) electrons. The third-order valence-electron chi connectivity index (χ3n) is 3.96. The van der Waals surface area contributed by atoms with E-state index in [0.717, 1.165) is 13.1 Å². The minimum absolute atomic E-state index is 0.570. The van der Waals surface area contributed by atoms with Crippen molar-refractivity contribution in [3.63, 3.8) is 0 Å². The van der Waals surface area contributed by atoms with Crippen molar-refractivity contribution < 1.29 is 0 Å². The second-order valence-electron chi connectivity index (χ2n) is 5.34. The lowest BCUT2D eigenvalue weighted by Gasteiger charge is -2.34. The summed E-state index contributed by atoms with van der Waals surface area (Å²) < 4.78 is 0. The highest BCUT2D eigenvalue weighted by atomic mass is 32.2. The molecule has 3 rings (SSSR count). The van der Waals surface area contributed by atoms with E-state index >= 15 is 0 Å². The Morgan fingerprint density at radius 2 is 1.90 bits per heavy atom. The summed E-state index contributed by atoms with van der Waals surface area (Å²) >= 11 is 1.79. The maximum Gasteiger partial charge on any atom is 0.0397 e. The molecule has 110 valence electrons. The van der Waals surface area contributed by atoms with E-state index in [2.05, 4.69) is 57.9 Å². The van der Waals surface area contributed by atoms with Crippen LogP contribution in [0.3, 0.4) is 0 Å². The first-order valence-electron chi connectivity index (χ1n) is 7.41. The van der Waals surface area contributed by atoms with Gasteiger partial charge in [0.1, 0.15) is 0 Å². The third kappa shape index (κ3) is 3.70. The molecule has 21 heavy (non-hydrogen) atoms. The summed E-state index contributed by atoms with van der Waals surface area (Å²) in [6.07, 6.45) is 8.20. The van der Waals surface area contributed by atoms with Crippen molar-refractivity contribution in [3.05, 3.63) is 48.8 Å². The van der Waals surface area contributed by atoms with Crippen LogP contribution in [0.4, 0.5) is 11.4 Å². The Labute approximate surface area is 130 Å². The Balaban J connectivity index is 1.56. The van der Waals surface area contributed by atoms with Crippen LogP contribution in [0.25, 0.3) is 0 Å². The summed E-state index contributed by atoms with van der Waals surface area (Å²) in [5.41, 5.74) is 2.53. The highest BCUT2D eigenvalue weighted by Gasteiger charge is 2.19. The fraction of sp³-hybridized carbons (Fsp3) is 0.353. The summed E-state index contributed by atoms with van der Waals surface area (Å²) in [4.78, 5) is 7.84. The van der Waals surface area contributed by atoms with Gasteiger partial charge in [0.2, 0.25) is 0 Å². The number of piperidine rings is 1. The number of hydrogen-bond acceptors (Lipinski definition) is 4. The van der Waals surface area contributed by atoms with Crippen LogP contribution in [0.15, 0.2) is 53.7 Å². The fourth-order valence-electron chi connectivity index (χ4n) is 2.79. The topological polar surface area (TPSA) is 28.2 Å². The van der Waals surface area contributed by atoms with E-state index in [4.69, 9.17) is 0 Å². The number of aromatic nitrogens is 1. The molecule has 1 aliphatic heterocycles. The molecule has 1 aromatic carbocycles. The smallest absolute Gasteiger partial charge is 0.0397 e. The van der Waals surface area contributed by atoms with Crippen molar-refractivity contribution in [1.82, 2.24) is 4.98 Å². The summed E-state index contributed by atoms with van der Waals surface area (Å²) in [6.45, 7) is 2.20. The summed E-state index contributed by atoms with van der Waals surface area (Å²) in [7, 11) is 0. The largest absolute Gasteiger partial charge is 0.382 e. The normalized spacial score (nSPS) is 16.0. The van der Waals surface area contributed by atoms with Gasteiger partial charge in [-0.1, -0.05) is 6.07 Å². The van der Waals surface area contributed by atoms with Crippen LogP contribution >= 0.6 is 11.8 Å². The monoisotopic (exact) mass is 299 g/mol. The van der Waals surface area contributed by atoms with Crippen molar-refractivity contribution in [2.24, 2.45) is 0 Å². The van der Waals surface area contributed by atoms with E-state index in [0.29, 0.717) is 6.04 Å². The van der Waals surface area contributed by atoms with Gasteiger partial charge in [0.05, 0.1) is 0 Å². The number of pyridine rings is 1. The number of nitrogens with zero attached hydrogens (tertiary/aromatic N) is 2. The number of benzene rings is 1. The molecule has 0 saturated carbocycles. The van der Waals surface area contributed by atoms with Crippen LogP contribution < -0.4 is 10.2 Å². The lowest BCUT2D eigenvalue weighted by molar-refractivity contribution is 0.526. The molecule has 0 amide bonds. The highest BCUT2D eigenvalue weighted by molar-refractivity contribution is 7.98. The first-order valence-corrected chi connectivity index (χ1v) is 8.63. The maximum atomic E-state index is 4.09. The third-order valence-corrected chi connectivity index (χ3v) is 4.69. The second-order valence-corrected chi connectivity index (χ2v) is 6.22. The summed E-state index contributed by atoms with van der Waals surface area (Å²) in [5.74, 6) is 0. The zero-order valence-corrected chi connectivity index (χ0v) is 13.1. The number of hydrogen-bond donors (Lipinski definition) is 1. The van der Waals surface area contributed by atoms with Crippen molar-refractivity contribution in [1.29, 1.82) is 0 Å². The quantitative estimate of drug-likeness (QED) is 0.867. The van der Waals surface area contributed by atoms with E-state index in [1.165, 1.54) is 29.1 Å². The maximum absolute atomic E-state index is 4.09. The number of thioether (sulfide) groups is 1. The first-order chi connectivity index (χ1) is 10.3. The van der Waals surface area contributed by atoms with Crippen molar-refractivity contribution in [3.8, 4) is 0 Å². The number of anilines is 2. The zero-order chi connectivity index (χ0) is 14.5. The molecule has 1 aliphatic rings. The van der Waals surface area contributed by atoms with Gasteiger partial charge < -0.3 is 10.2 Å². The molecule has 4 heteroatoms. The van der Waals surface area contributed by atoms with Gasteiger partial charge in [0, 0.05) is 47.8 Å². The van der Waals surface area contributed by atoms with Crippen LogP contribution in [-0.2, 0) is 0 Å². The summed E-state index contributed by atoms with van der Waals surface area (Å²) in [5, 5.41) is 3.68. The van der Waals surface area contributed by atoms with E-state index in [-0.39, 0.29) is 0 Å². The molecule has 0 bridgehead atoms. The van der Waals surface area contributed by atoms with E-state index < -0.39 is 0 Å². The van der Waals surface area contributed by atoms with Crippen molar-refractivity contribution in [2.45, 2.75) is 23.8 Å². The van der Waals surface area contributed by atoms with Gasteiger partial charge in [0.25, 0.3) is 0 Å². The lowest BCUT2D eigenvalue weighted by atomic mass is 10.0. The van der Waals surface area contributed by atoms with Crippen molar-refractivity contribution >= 4 is 23.1 Å². The molecule has 0 spiro atoms. The predicted octanol–water partition coefficient (Wildman–Crippen LogP) is 3.88. The van der Waals surface area contributed by atoms with Crippen LogP contribution in [0.2, 0.25) is 0 Å². The average molecular weight is 299 g/mol. The molecule has 2 heterocycles. The second kappa shape index (κ2) is 6.85. The summed E-state index contributed by atoms with van der Waals surface area (Å²) in [6, 6.07) is 13.4. The van der Waals surface area contributed by atoms with Gasteiger partial charge >= 0.3 is 0 Å². The van der Waals surface area contributed by atoms with Gasteiger partial charge in [-0.25, -0.2) is 0 Å². The zero-order valence-electron chi connectivity index (χ0n) is 12.3. The van der Waals surface area contributed by atoms with E-state index in [1.807, 2.05) is 12.4 Å². The van der Waals surface area contributed by atoms with Gasteiger partial charge in [-0.15, -0.1) is 11.8 Å². The van der Waals surface area contributed by atoms with Gasteiger partial charge in [-0.3, -0.25) is 4.98 Å². The Morgan fingerprint density at radius 3 is 2.62 bits per heavy atom. The molecule has 3 nitrogen and oxygen atoms in total. The molecule has 1 N–H and O–H groups in total. The first kappa shape index (κ1) is 14.3. The Morgan fingerprint density at radius 1 is 1.14 bits per heavy atom. The molecule has 0 atom stereocenters. The molecule has 1 fully saturated rings. The molecular weight excluding hydrogens is 278 g/mol. The van der Waals surface area contributed by atoms with Gasteiger partial charge in [-0.05, 0) is 49.4 Å². The predicted molar refractivity (Wildman–Crippen MR) is 91.3 cm³/mol. The Kier molecular flexibility index (Phi) is 4.65. The molecule has 1 saturated heterocycles. The number of rotatable bonds is 4. The molecule has 0 unspecified atom stereocenters. The SMILES string of the molecule is CSc1cccc(NC2CCN(c3ccncc3)CC2)c1. The van der Waals surface area contributed by atoms with Gasteiger partial charge in [-0.2, -0.15) is 0 Å². The van der Waals surface area contributed by atoms with Gasteiger partial charge in [0.15, 0.2) is 0 Å². The molecular formula is C17H21N3S. The Bertz CT molecular complexity index is 565. The molecule has 0 aliphatic carbocycles. The minimum Gasteiger partial charge on any atom is -0.382 e. The van der Waals surface area contributed by atoms with E-state index in [1.54, 1.807) is 11.8 Å². The molecule has 2 aromatic rings. The average Bonchev–Trinajstić information content (AvgIpc) is 2.56. The molecule has 1 aromatic heterocycles. The van der Waals surface area contributed by atoms with Crippen LogP contribution in [0, 0.1) is 0 Å². The standard InChI is InChI=1S/C17H21N3S/c1-21-17-4-2-3-15(13-17)19-14-7-11-20(12-8-14)16-5-9-18-10-6-16/h2-6,9-10,13-14,19H,7-8,11-12H2,1H3. The number of nitrogens with one attached hydrogen (secondary N) is 1. The van der Waals surface area contributed by atoms with Crippen molar-refractivity contribution in [2.75, 3.05) is 29.6 Å². The lowest BCUT2D eigenvalue weighted by Crippen LogP contribution is -2.39. The van der Waals surface area contributed by atoms with Crippen LogP contribution in [-0.4, -0.2) is 30.4 Å². The van der Waals surface area contributed by atoms with Crippen LogP contribution in [0.1, 0.15) is 12.8 Å². The minimum atomic E-state index is 0.570. The Hall–Kier alpha value is -1.68. The fourth-order valence-corrected chi connectivity index (χ4v) is 3.24. The van der Waals surface area contributed by atoms with Crippen LogP contribution in [0.5, 0.6) is 0 Å².